The molecule has 94 valence electrons. The number of nitrogens with zero attached hydrogens (tertiary/aromatic N) is 1. The molecule has 1 heterocycles. The lowest BCUT2D eigenvalue weighted by Gasteiger charge is -2.24. The van der Waals surface area contributed by atoms with E-state index in [1.54, 1.807) is 0 Å². The molecule has 0 spiro atoms. The number of nitrogens with two attached hydrogens (primary N) is 1. The number of carbonyl (C=O) groups is 1. The molecule has 3 N–H and O–H groups in total. The van der Waals surface area contributed by atoms with Crippen molar-refractivity contribution in [3.05, 3.63) is 10.6 Å². The SMILES string of the molecule is Cc1nc(NC(=O)C2CCC(N)CC2)sc1C. The van der Waals surface area contributed by atoms with E-state index in [0.29, 0.717) is 0 Å². The van der Waals surface area contributed by atoms with Crippen LogP contribution in [-0.4, -0.2) is 16.9 Å². The van der Waals surface area contributed by atoms with Gasteiger partial charge in [0.2, 0.25) is 5.91 Å². The van der Waals surface area contributed by atoms with Gasteiger partial charge in [0, 0.05) is 16.8 Å². The van der Waals surface area contributed by atoms with E-state index in [4.69, 9.17) is 5.73 Å². The van der Waals surface area contributed by atoms with Crippen molar-refractivity contribution >= 4 is 22.4 Å². The number of aryl methyl sites for hydroxylation is 2. The van der Waals surface area contributed by atoms with Crippen LogP contribution in [0.1, 0.15) is 36.3 Å². The molecule has 0 radical (unpaired) electrons. The second-order valence-corrected chi connectivity index (χ2v) is 5.96. The van der Waals surface area contributed by atoms with Gasteiger partial charge >= 0.3 is 0 Å². The summed E-state index contributed by atoms with van der Waals surface area (Å²) in [5.74, 6) is 0.213. The van der Waals surface area contributed by atoms with Gasteiger partial charge in [-0.1, -0.05) is 0 Å². The van der Waals surface area contributed by atoms with Crippen molar-refractivity contribution in [1.82, 2.24) is 4.98 Å². The number of hydrogen-bond donors (Lipinski definition) is 2. The average Bonchev–Trinajstić information content (AvgIpc) is 2.58. The van der Waals surface area contributed by atoms with Crippen LogP contribution < -0.4 is 11.1 Å². The lowest BCUT2D eigenvalue weighted by Crippen LogP contribution is -2.32. The molecule has 1 fully saturated rings. The molecule has 1 aliphatic rings. The fourth-order valence-electron chi connectivity index (χ4n) is 2.12. The predicted octanol–water partition coefficient (Wildman–Crippen LogP) is 2.22. The van der Waals surface area contributed by atoms with Gasteiger partial charge in [0.25, 0.3) is 0 Å². The summed E-state index contributed by atoms with van der Waals surface area (Å²) < 4.78 is 0. The Labute approximate surface area is 106 Å². The second kappa shape index (κ2) is 5.14. The lowest BCUT2D eigenvalue weighted by molar-refractivity contribution is -0.120. The van der Waals surface area contributed by atoms with Crippen molar-refractivity contribution in [2.75, 3.05) is 5.32 Å². The Kier molecular flexibility index (Phi) is 3.79. The summed E-state index contributed by atoms with van der Waals surface area (Å²) in [6.07, 6.45) is 3.70. The van der Waals surface area contributed by atoms with E-state index >= 15 is 0 Å². The largest absolute Gasteiger partial charge is 0.328 e. The number of anilines is 1. The van der Waals surface area contributed by atoms with Crippen molar-refractivity contribution in [1.29, 1.82) is 0 Å². The molecule has 0 atom stereocenters. The maximum Gasteiger partial charge on any atom is 0.229 e. The van der Waals surface area contributed by atoms with E-state index in [1.807, 2.05) is 13.8 Å². The van der Waals surface area contributed by atoms with Gasteiger partial charge in [0.15, 0.2) is 5.13 Å². The van der Waals surface area contributed by atoms with Crippen LogP contribution in [0, 0.1) is 19.8 Å². The first-order valence-corrected chi connectivity index (χ1v) is 6.88. The number of carbonyl (C=O) groups excluding carboxylic acids is 1. The van der Waals surface area contributed by atoms with Gasteiger partial charge in [-0.2, -0.15) is 0 Å². The molecule has 1 amide bonds. The molecule has 0 aliphatic heterocycles. The van der Waals surface area contributed by atoms with Gasteiger partial charge < -0.3 is 11.1 Å². The van der Waals surface area contributed by atoms with E-state index in [0.717, 1.165) is 41.4 Å². The normalized spacial score (nSPS) is 24.6. The van der Waals surface area contributed by atoms with Crippen molar-refractivity contribution < 1.29 is 4.79 Å². The standard InChI is InChI=1S/C12H19N3OS/c1-7-8(2)17-12(14-7)15-11(16)9-3-5-10(13)6-4-9/h9-10H,3-6,13H2,1-2H3,(H,14,15,16). The summed E-state index contributed by atoms with van der Waals surface area (Å²) in [4.78, 5) is 17.5. The molecular formula is C12H19N3OS. The number of aromatic nitrogens is 1. The van der Waals surface area contributed by atoms with Gasteiger partial charge in [-0.05, 0) is 39.5 Å². The molecule has 1 aliphatic carbocycles. The topological polar surface area (TPSA) is 68.0 Å². The van der Waals surface area contributed by atoms with E-state index in [2.05, 4.69) is 10.3 Å². The summed E-state index contributed by atoms with van der Waals surface area (Å²) in [6, 6.07) is 0.281. The molecule has 0 saturated heterocycles. The zero-order chi connectivity index (χ0) is 12.4. The molecule has 0 bridgehead atoms. The zero-order valence-corrected chi connectivity index (χ0v) is 11.1. The monoisotopic (exact) mass is 253 g/mol. The summed E-state index contributed by atoms with van der Waals surface area (Å²) in [7, 11) is 0. The Balaban J connectivity index is 1.93. The third kappa shape index (κ3) is 3.04. The minimum Gasteiger partial charge on any atom is -0.328 e. The molecule has 5 heteroatoms. The predicted molar refractivity (Wildman–Crippen MR) is 70.2 cm³/mol. The van der Waals surface area contributed by atoms with Crippen LogP contribution in [0.5, 0.6) is 0 Å². The van der Waals surface area contributed by atoms with Crippen molar-refractivity contribution in [3.63, 3.8) is 0 Å². The minimum absolute atomic E-state index is 0.102. The number of nitrogens with one attached hydrogen (secondary N) is 1. The Morgan fingerprint density at radius 3 is 2.53 bits per heavy atom. The Morgan fingerprint density at radius 2 is 2.00 bits per heavy atom. The van der Waals surface area contributed by atoms with Gasteiger partial charge in [0.05, 0.1) is 5.69 Å². The summed E-state index contributed by atoms with van der Waals surface area (Å²) >= 11 is 1.54. The van der Waals surface area contributed by atoms with Crippen molar-refractivity contribution in [3.8, 4) is 0 Å². The molecule has 1 aromatic rings. The maximum absolute atomic E-state index is 12.0. The highest BCUT2D eigenvalue weighted by Crippen LogP contribution is 2.26. The fraction of sp³-hybridized carbons (Fsp3) is 0.667. The van der Waals surface area contributed by atoms with E-state index < -0.39 is 0 Å². The van der Waals surface area contributed by atoms with E-state index in [9.17, 15) is 4.79 Å². The molecule has 17 heavy (non-hydrogen) atoms. The Bertz CT molecular complexity index is 388. The first-order chi connectivity index (χ1) is 8.06. The maximum atomic E-state index is 12.0. The van der Waals surface area contributed by atoms with Crippen LogP contribution >= 0.6 is 11.3 Å². The van der Waals surface area contributed by atoms with Crippen molar-refractivity contribution in [2.45, 2.75) is 45.6 Å². The minimum atomic E-state index is 0.102. The Hall–Kier alpha value is -0.940. The smallest absolute Gasteiger partial charge is 0.229 e. The number of amides is 1. The molecule has 0 unspecified atom stereocenters. The Morgan fingerprint density at radius 1 is 1.35 bits per heavy atom. The fourth-order valence-corrected chi connectivity index (χ4v) is 2.93. The van der Waals surface area contributed by atoms with Gasteiger partial charge in [-0.15, -0.1) is 11.3 Å². The third-order valence-corrected chi connectivity index (χ3v) is 4.39. The summed E-state index contributed by atoms with van der Waals surface area (Å²) in [5.41, 5.74) is 6.83. The van der Waals surface area contributed by atoms with Crippen LogP contribution in [0.15, 0.2) is 0 Å². The average molecular weight is 253 g/mol. The second-order valence-electron chi connectivity index (χ2n) is 4.76. The molecule has 0 aromatic carbocycles. The summed E-state index contributed by atoms with van der Waals surface area (Å²) in [6.45, 7) is 3.98. The quantitative estimate of drug-likeness (QED) is 0.849. The molecule has 1 aromatic heterocycles. The van der Waals surface area contributed by atoms with Gasteiger partial charge in [-0.25, -0.2) is 4.98 Å². The van der Waals surface area contributed by atoms with Crippen LogP contribution in [0.3, 0.4) is 0 Å². The molecule has 4 nitrogen and oxygen atoms in total. The third-order valence-electron chi connectivity index (χ3n) is 3.40. The van der Waals surface area contributed by atoms with Gasteiger partial charge in [0.1, 0.15) is 0 Å². The van der Waals surface area contributed by atoms with Crippen LogP contribution in [0.4, 0.5) is 5.13 Å². The van der Waals surface area contributed by atoms with E-state index in [1.165, 1.54) is 11.3 Å². The highest BCUT2D eigenvalue weighted by Gasteiger charge is 2.25. The van der Waals surface area contributed by atoms with Crippen molar-refractivity contribution in [2.24, 2.45) is 11.7 Å². The lowest BCUT2D eigenvalue weighted by atomic mass is 9.86. The highest BCUT2D eigenvalue weighted by molar-refractivity contribution is 7.15. The number of thiazole rings is 1. The molecule has 1 saturated carbocycles. The van der Waals surface area contributed by atoms with Gasteiger partial charge in [-0.3, -0.25) is 4.79 Å². The molecular weight excluding hydrogens is 234 g/mol. The first kappa shape index (κ1) is 12.5. The molecule has 2 rings (SSSR count). The highest BCUT2D eigenvalue weighted by atomic mass is 32.1. The van der Waals surface area contributed by atoms with Crippen LogP contribution in [0.25, 0.3) is 0 Å². The number of hydrogen-bond acceptors (Lipinski definition) is 4. The van der Waals surface area contributed by atoms with Crippen LogP contribution in [-0.2, 0) is 4.79 Å². The summed E-state index contributed by atoms with van der Waals surface area (Å²) in [5, 5.41) is 3.64. The zero-order valence-electron chi connectivity index (χ0n) is 10.3. The van der Waals surface area contributed by atoms with Crippen LogP contribution in [0.2, 0.25) is 0 Å². The number of rotatable bonds is 2. The first-order valence-electron chi connectivity index (χ1n) is 6.06. The van der Waals surface area contributed by atoms with E-state index in [-0.39, 0.29) is 17.9 Å².